The van der Waals surface area contributed by atoms with E-state index in [1.54, 1.807) is 14.7 Å². The number of hydrogen-bond donors (Lipinski definition) is 15. The molecule has 9 rings (SSSR count). The fraction of sp³-hybridized carbons (Fsp3) is 0.700. The highest BCUT2D eigenvalue weighted by molar-refractivity contribution is 8.00. The van der Waals surface area contributed by atoms with Crippen LogP contribution in [0.3, 0.4) is 0 Å². The molecule has 0 saturated carbocycles. The third kappa shape index (κ3) is 25.7. The molecule has 0 radical (unpaired) electrons. The van der Waals surface area contributed by atoms with Gasteiger partial charge in [0.2, 0.25) is 82.7 Å². The van der Waals surface area contributed by atoms with Gasteiger partial charge < -0.3 is 89.1 Å². The minimum atomic E-state index is -1.65. The van der Waals surface area contributed by atoms with E-state index in [1.807, 2.05) is 0 Å². The molecule has 0 aliphatic carbocycles. The van der Waals surface area contributed by atoms with Crippen molar-refractivity contribution >= 4 is 124 Å². The molecule has 5 atom stereocenters. The molecule has 9 aliphatic heterocycles. The van der Waals surface area contributed by atoms with Crippen LogP contribution in [0.25, 0.3) is 0 Å². The molecule has 34 nitrogen and oxygen atoms in total. The predicted molar refractivity (Wildman–Crippen MR) is 313 cm³/mol. The molecule has 0 aromatic heterocycles. The van der Waals surface area contributed by atoms with Gasteiger partial charge in [0.25, 0.3) is 0 Å². The molecular weight excluding hydrogens is 1210 g/mol. The Morgan fingerprint density at radius 2 is 0.701 bits per heavy atom. The zero-order valence-electron chi connectivity index (χ0n) is 47.9. The maximum Gasteiger partial charge on any atom is 0.327 e. The molecule has 8 bridgehead atoms. The van der Waals surface area contributed by atoms with E-state index in [9.17, 15) is 82.1 Å². The van der Waals surface area contributed by atoms with Gasteiger partial charge in [0, 0.05) is 74.7 Å². The Labute approximate surface area is 513 Å². The van der Waals surface area contributed by atoms with E-state index in [0.717, 1.165) is 35.3 Å². The van der Waals surface area contributed by atoms with Gasteiger partial charge in [0.15, 0.2) is 0 Å². The van der Waals surface area contributed by atoms with E-state index in [-0.39, 0.29) is 70.4 Å². The first-order chi connectivity index (χ1) is 41.5. The largest absolute Gasteiger partial charge is 0.480 e. The molecule has 0 aromatic rings. The first kappa shape index (κ1) is 70.7. The van der Waals surface area contributed by atoms with Crippen LogP contribution in [0, 0.1) is 0 Å². The third-order valence-electron chi connectivity index (χ3n) is 14.4. The summed E-state index contributed by atoms with van der Waals surface area (Å²) in [6, 6.07) is -3.61. The topological polar surface area (TPSA) is 480 Å². The van der Waals surface area contributed by atoms with Crippen LogP contribution in [-0.2, 0) is 71.9 Å². The van der Waals surface area contributed by atoms with Crippen LogP contribution in [-0.4, -0.2) is 300 Å². The quantitative estimate of drug-likeness (QED) is 0.116. The highest BCUT2D eigenvalue weighted by Gasteiger charge is 2.39. The van der Waals surface area contributed by atoms with E-state index in [1.165, 1.54) is 0 Å². The SMILES string of the molecule is N[C@H]1CSCC(=O)N2CCC(CC2)N2C3CCN(CC3)C(=O)CSC[C@@H](C(=O)O)NC(=O)CNC(=O)CNC(=O)CNC(=O)CNC(=O)CNC(O)[C@H](CSCC(=O)N3CCC2CC3)NC(=O)CNC(=O)CNC(=O)CNC(=O)CNC(=O)CNC1=O. The summed E-state index contributed by atoms with van der Waals surface area (Å²) < 4.78 is 0. The van der Waals surface area contributed by atoms with Crippen molar-refractivity contribution in [2.45, 2.75) is 81.0 Å². The van der Waals surface area contributed by atoms with Crippen LogP contribution in [0.4, 0.5) is 0 Å². The Balaban J connectivity index is 1.32. The lowest BCUT2D eigenvalue weighted by molar-refractivity contribution is -0.141. The summed E-state index contributed by atoms with van der Waals surface area (Å²) in [7, 11) is 0. The van der Waals surface area contributed by atoms with Crippen molar-refractivity contribution in [3.05, 3.63) is 0 Å². The number of fused-ring (bicyclic) bond motifs is 2. The number of thioether (sulfide) groups is 3. The molecule has 87 heavy (non-hydrogen) atoms. The summed E-state index contributed by atoms with van der Waals surface area (Å²) in [6.45, 7) is -3.64. The van der Waals surface area contributed by atoms with Crippen LogP contribution >= 0.6 is 35.3 Å². The molecular formula is C50H79N17O17S3. The van der Waals surface area contributed by atoms with E-state index in [0.29, 0.717) is 77.8 Å². The monoisotopic (exact) mass is 1290 g/mol. The lowest BCUT2D eigenvalue weighted by atomic mass is 9.90. The van der Waals surface area contributed by atoms with Gasteiger partial charge in [-0.25, -0.2) is 4.79 Å². The average molecular weight is 1290 g/mol. The van der Waals surface area contributed by atoms with Crippen molar-refractivity contribution in [2.75, 3.05) is 139 Å². The molecule has 0 spiro atoms. The number of hydrogen-bond acceptors (Lipinski definition) is 22. The van der Waals surface area contributed by atoms with Gasteiger partial charge in [0.1, 0.15) is 12.3 Å². The lowest BCUT2D eigenvalue weighted by Crippen LogP contribution is -2.59. The minimum absolute atomic E-state index is 0.0144. The van der Waals surface area contributed by atoms with Gasteiger partial charge >= 0.3 is 5.97 Å². The third-order valence-corrected chi connectivity index (χ3v) is 17.5. The fourth-order valence-electron chi connectivity index (χ4n) is 9.75. The average Bonchev–Trinajstić information content (AvgIpc) is 1.66. The van der Waals surface area contributed by atoms with E-state index in [4.69, 9.17) is 5.73 Å². The number of nitrogens with two attached hydrogens (primary N) is 1. The number of carboxylic acid groups (broad SMARTS) is 1. The van der Waals surface area contributed by atoms with Crippen LogP contribution < -0.4 is 69.5 Å². The van der Waals surface area contributed by atoms with E-state index < -0.39 is 161 Å². The van der Waals surface area contributed by atoms with Crippen molar-refractivity contribution in [3.8, 4) is 0 Å². The number of nitrogens with one attached hydrogen (secondary N) is 12. The number of piperidine rings is 3. The standard InChI is InChI=1S/C50H79N17O17S3/c51-32-23-85-26-45(78)64-7-1-29(2-8-64)67-30-3-9-65(10-4-30)46(79)27-86-24-33(62-43(76)21-58-39(72)17-54-35(68)13-52-37(70)15-56-41(74)19-60-48(32)81)49(82)61-20-42(75)57-16-38(71)53-14-36(69)55-18-40(73)59-22-44(77)63-34(50(83)84)25-87-28-47(80)66-11-5-31(67)6-12-66/h29-34,49,61,82H,1-28,51H2,(H,52,70)(H,53,71)(H,54,68)(H,55,69)(H,56,74)(H,57,75)(H,58,72)(H,59,73)(H,60,81)(H,62,76)(H,63,77)(H,83,84)/t32-,33-,34-,49?/m0/s1. The van der Waals surface area contributed by atoms with Crippen molar-refractivity contribution in [1.82, 2.24) is 83.4 Å². The Hall–Kier alpha value is -7.06. The molecule has 484 valence electrons. The molecule has 14 amide bonds. The maximum atomic E-state index is 13.8. The van der Waals surface area contributed by atoms with Gasteiger partial charge in [-0.15, -0.1) is 35.3 Å². The first-order valence-corrected chi connectivity index (χ1v) is 31.7. The highest BCUT2D eigenvalue weighted by atomic mass is 32.2. The van der Waals surface area contributed by atoms with Crippen molar-refractivity contribution in [1.29, 1.82) is 0 Å². The van der Waals surface area contributed by atoms with Gasteiger partial charge in [-0.1, -0.05) is 0 Å². The van der Waals surface area contributed by atoms with Crippen molar-refractivity contribution in [3.63, 3.8) is 0 Å². The smallest absolute Gasteiger partial charge is 0.327 e. The van der Waals surface area contributed by atoms with Gasteiger partial charge in [-0.05, 0) is 38.5 Å². The van der Waals surface area contributed by atoms with Gasteiger partial charge in [0.05, 0.1) is 94.8 Å². The second-order valence-electron chi connectivity index (χ2n) is 20.8. The Morgan fingerprint density at radius 1 is 0.402 bits per heavy atom. The summed E-state index contributed by atoms with van der Waals surface area (Å²) in [4.78, 5) is 199. The van der Waals surface area contributed by atoms with Crippen LogP contribution in [0.2, 0.25) is 0 Å². The predicted octanol–water partition coefficient (Wildman–Crippen LogP) is -10.2. The maximum absolute atomic E-state index is 13.8. The molecule has 9 heterocycles. The summed E-state index contributed by atoms with van der Waals surface area (Å²) in [6.07, 6.45) is 2.00. The summed E-state index contributed by atoms with van der Waals surface area (Å²) in [5.41, 5.74) is 6.07. The lowest BCUT2D eigenvalue weighted by Gasteiger charge is -2.50. The molecule has 2 unspecified atom stereocenters. The zero-order chi connectivity index (χ0) is 63.4. The Morgan fingerprint density at radius 3 is 1.06 bits per heavy atom. The number of rotatable bonds is 1. The van der Waals surface area contributed by atoms with E-state index in [2.05, 4.69) is 68.7 Å². The number of carbonyl (C=O) groups is 15. The molecule has 16 N–H and O–H groups in total. The minimum Gasteiger partial charge on any atom is -0.480 e. The highest BCUT2D eigenvalue weighted by Crippen LogP contribution is 2.31. The number of nitrogens with zero attached hydrogens (tertiary/aromatic N) is 4. The zero-order valence-corrected chi connectivity index (χ0v) is 50.4. The molecule has 37 heteroatoms. The van der Waals surface area contributed by atoms with E-state index >= 15 is 0 Å². The second kappa shape index (κ2) is 36.9. The fourth-order valence-corrected chi connectivity index (χ4v) is 12.6. The van der Waals surface area contributed by atoms with Crippen LogP contribution in [0.15, 0.2) is 0 Å². The van der Waals surface area contributed by atoms with Gasteiger partial charge in [-0.2, -0.15) is 0 Å². The van der Waals surface area contributed by atoms with Crippen LogP contribution in [0.1, 0.15) is 38.5 Å². The Kier molecular flexibility index (Phi) is 30.0. The molecule has 9 fully saturated rings. The number of carboxylic acids is 1. The van der Waals surface area contributed by atoms with Crippen LogP contribution in [0.5, 0.6) is 0 Å². The normalized spacial score (nSPS) is 28.5. The molecule has 9 aliphatic rings. The Bertz CT molecular complexity index is 2500. The molecule has 0 aromatic carbocycles. The summed E-state index contributed by atoms with van der Waals surface area (Å²) >= 11 is 3.26. The number of aliphatic hydroxyl groups excluding tert-OH is 1. The first-order valence-electron chi connectivity index (χ1n) is 28.3. The summed E-state index contributed by atoms with van der Waals surface area (Å²) in [5, 5.41) is 49.0. The number of amides is 14. The van der Waals surface area contributed by atoms with Crippen molar-refractivity contribution in [2.24, 2.45) is 5.73 Å². The van der Waals surface area contributed by atoms with Crippen molar-refractivity contribution < 1.29 is 82.1 Å². The number of carbonyl (C=O) groups excluding carboxylic acids is 14. The number of aliphatic carboxylic acids is 1. The van der Waals surface area contributed by atoms with Gasteiger partial charge in [-0.3, -0.25) is 77.3 Å². The summed E-state index contributed by atoms with van der Waals surface area (Å²) in [5.74, 6) is -11.1. The second-order valence-corrected chi connectivity index (χ2v) is 23.9. The molecule has 9 saturated heterocycles. The number of aliphatic hydroxyl groups is 1.